The van der Waals surface area contributed by atoms with Crippen LogP contribution in [0.3, 0.4) is 0 Å². The highest BCUT2D eigenvalue weighted by atomic mass is 19.1. The van der Waals surface area contributed by atoms with Gasteiger partial charge in [0.05, 0.1) is 12.0 Å². The molecule has 0 aromatic heterocycles. The van der Waals surface area contributed by atoms with Gasteiger partial charge in [-0.3, -0.25) is 4.79 Å². The van der Waals surface area contributed by atoms with Crippen LogP contribution in [0.5, 0.6) is 0 Å². The van der Waals surface area contributed by atoms with Gasteiger partial charge in [0, 0.05) is 23.5 Å². The van der Waals surface area contributed by atoms with E-state index in [9.17, 15) is 9.18 Å². The summed E-state index contributed by atoms with van der Waals surface area (Å²) in [5.74, 6) is 0.494. The lowest BCUT2D eigenvalue weighted by Gasteiger charge is -2.35. The number of Topliss-reactive ketones (excluding diaryl/α,β-unsaturated/α-hetero) is 1. The summed E-state index contributed by atoms with van der Waals surface area (Å²) in [4.78, 5) is 12.9. The third kappa shape index (κ3) is 3.68. The summed E-state index contributed by atoms with van der Waals surface area (Å²) in [6.07, 6.45) is 5.22. The molecule has 3 nitrogen and oxygen atoms in total. The zero-order valence-corrected chi connectivity index (χ0v) is 16.3. The zero-order valence-electron chi connectivity index (χ0n) is 16.3. The van der Waals surface area contributed by atoms with Gasteiger partial charge in [-0.05, 0) is 67.1 Å². The molecule has 2 fully saturated rings. The Kier molecular flexibility index (Phi) is 5.21. The highest BCUT2D eigenvalue weighted by molar-refractivity contribution is 5.86. The number of allylic oxidation sites excluding steroid dienone is 1. The highest BCUT2D eigenvalue weighted by Gasteiger charge is 2.38. The Balaban J connectivity index is 1.54. The molecule has 2 atom stereocenters. The molecule has 146 valence electrons. The molecule has 2 aromatic rings. The minimum Gasteiger partial charge on any atom is -0.381 e. The average molecular weight is 378 g/mol. The normalized spacial score (nSPS) is 22.9. The van der Waals surface area contributed by atoms with Crippen LogP contribution in [-0.4, -0.2) is 5.78 Å². The van der Waals surface area contributed by atoms with Crippen LogP contribution >= 0.6 is 0 Å². The number of halogens is 1. The van der Waals surface area contributed by atoms with Gasteiger partial charge in [0.25, 0.3) is 0 Å². The molecule has 28 heavy (non-hydrogen) atoms. The maximum atomic E-state index is 13.2. The van der Waals surface area contributed by atoms with Gasteiger partial charge in [-0.1, -0.05) is 31.6 Å². The maximum absolute atomic E-state index is 13.2. The number of hydrogen-bond acceptors (Lipinski definition) is 3. The number of piperidine rings is 1. The van der Waals surface area contributed by atoms with Crippen molar-refractivity contribution in [3.8, 4) is 0 Å². The Morgan fingerprint density at radius 2 is 1.82 bits per heavy atom. The molecule has 1 aliphatic heterocycles. The lowest BCUT2D eigenvalue weighted by Crippen LogP contribution is -2.40. The lowest BCUT2D eigenvalue weighted by molar-refractivity contribution is -0.125. The van der Waals surface area contributed by atoms with E-state index in [0.29, 0.717) is 18.1 Å². The first-order valence-electron chi connectivity index (χ1n) is 10.1. The van der Waals surface area contributed by atoms with E-state index in [1.54, 1.807) is 12.1 Å². The van der Waals surface area contributed by atoms with Crippen molar-refractivity contribution in [1.29, 1.82) is 0 Å². The van der Waals surface area contributed by atoms with E-state index in [1.807, 2.05) is 12.1 Å². The summed E-state index contributed by atoms with van der Waals surface area (Å²) in [7, 11) is 0. The Hall–Kier alpha value is -2.62. The standard InChI is InChI=1S/C24H27FN2O/c1-15-20(8-5-9-21(15)27-19-12-10-18(25)11-13-19)22-14-23(28)24(16(2)26-22)17-6-3-4-7-17/h5,8-13,17,22,24,26-27H,2-4,6-7,14H2,1H3. The summed E-state index contributed by atoms with van der Waals surface area (Å²) in [5, 5.41) is 6.89. The van der Waals surface area contributed by atoms with E-state index in [-0.39, 0.29) is 17.8 Å². The molecule has 0 radical (unpaired) electrons. The minimum atomic E-state index is -0.253. The summed E-state index contributed by atoms with van der Waals surface area (Å²) in [6.45, 7) is 6.27. The zero-order chi connectivity index (χ0) is 19.7. The first-order valence-corrected chi connectivity index (χ1v) is 10.1. The monoisotopic (exact) mass is 378 g/mol. The van der Waals surface area contributed by atoms with Gasteiger partial charge in [0.15, 0.2) is 0 Å². The van der Waals surface area contributed by atoms with Crippen molar-refractivity contribution in [2.75, 3.05) is 5.32 Å². The minimum absolute atomic E-state index is 0.0282. The highest BCUT2D eigenvalue weighted by Crippen LogP contribution is 2.40. The van der Waals surface area contributed by atoms with E-state index >= 15 is 0 Å². The molecule has 1 aliphatic carbocycles. The summed E-state index contributed by atoms with van der Waals surface area (Å²) in [5.41, 5.74) is 4.86. The van der Waals surface area contributed by atoms with Crippen molar-refractivity contribution < 1.29 is 9.18 Å². The van der Waals surface area contributed by atoms with Crippen LogP contribution in [0.1, 0.15) is 49.3 Å². The SMILES string of the molecule is C=C1NC(c2cccc(Nc3ccc(F)cc3)c2C)CC(=O)C1C1CCCC1. The molecule has 2 aliphatic rings. The van der Waals surface area contributed by atoms with Crippen LogP contribution in [0.4, 0.5) is 15.8 Å². The second kappa shape index (κ2) is 7.78. The van der Waals surface area contributed by atoms with Gasteiger partial charge in [0.2, 0.25) is 0 Å². The number of anilines is 2. The van der Waals surface area contributed by atoms with E-state index in [1.165, 1.54) is 25.0 Å². The van der Waals surface area contributed by atoms with Gasteiger partial charge < -0.3 is 10.6 Å². The third-order valence-electron chi connectivity index (χ3n) is 6.23. The number of nitrogens with one attached hydrogen (secondary N) is 2. The Morgan fingerprint density at radius 3 is 2.50 bits per heavy atom. The molecule has 0 bridgehead atoms. The molecule has 0 spiro atoms. The Labute approximate surface area is 166 Å². The van der Waals surface area contributed by atoms with Crippen molar-refractivity contribution >= 4 is 17.2 Å². The fraction of sp³-hybridized carbons (Fsp3) is 0.375. The van der Waals surface area contributed by atoms with Crippen LogP contribution < -0.4 is 10.6 Å². The molecule has 1 saturated heterocycles. The molecular formula is C24H27FN2O. The second-order valence-corrected chi connectivity index (χ2v) is 8.07. The van der Waals surface area contributed by atoms with Gasteiger partial charge >= 0.3 is 0 Å². The first kappa shape index (κ1) is 18.7. The number of hydrogen-bond donors (Lipinski definition) is 2. The number of benzene rings is 2. The van der Waals surface area contributed by atoms with Crippen molar-refractivity contribution in [3.05, 3.63) is 71.7 Å². The summed E-state index contributed by atoms with van der Waals surface area (Å²) >= 11 is 0. The molecule has 2 unspecified atom stereocenters. The largest absolute Gasteiger partial charge is 0.381 e. The number of carbonyl (C=O) groups is 1. The topological polar surface area (TPSA) is 41.1 Å². The molecule has 0 amide bonds. The smallest absolute Gasteiger partial charge is 0.144 e. The quantitative estimate of drug-likeness (QED) is 0.706. The van der Waals surface area contributed by atoms with Crippen LogP contribution in [0.25, 0.3) is 0 Å². The molecule has 2 aromatic carbocycles. The fourth-order valence-corrected chi connectivity index (χ4v) is 4.77. The summed E-state index contributed by atoms with van der Waals surface area (Å²) in [6, 6.07) is 12.3. The predicted molar refractivity (Wildman–Crippen MR) is 111 cm³/mol. The molecule has 1 saturated carbocycles. The van der Waals surface area contributed by atoms with Gasteiger partial charge in [0.1, 0.15) is 11.6 Å². The second-order valence-electron chi connectivity index (χ2n) is 8.07. The van der Waals surface area contributed by atoms with Crippen molar-refractivity contribution in [2.24, 2.45) is 11.8 Å². The number of carbonyl (C=O) groups excluding carboxylic acids is 1. The number of ketones is 1. The average Bonchev–Trinajstić information content (AvgIpc) is 3.19. The van der Waals surface area contributed by atoms with Crippen molar-refractivity contribution in [1.82, 2.24) is 5.32 Å². The number of rotatable bonds is 4. The predicted octanol–water partition coefficient (Wildman–Crippen LogP) is 5.80. The molecule has 4 heteroatoms. The molecule has 4 rings (SSSR count). The van der Waals surface area contributed by atoms with Crippen LogP contribution in [-0.2, 0) is 4.79 Å². The van der Waals surface area contributed by atoms with Crippen LogP contribution in [0.15, 0.2) is 54.7 Å². The maximum Gasteiger partial charge on any atom is 0.144 e. The Bertz CT molecular complexity index is 866. The molecular weight excluding hydrogens is 351 g/mol. The van der Waals surface area contributed by atoms with Crippen LogP contribution in [0, 0.1) is 24.6 Å². The van der Waals surface area contributed by atoms with Crippen molar-refractivity contribution in [3.63, 3.8) is 0 Å². The fourth-order valence-electron chi connectivity index (χ4n) is 4.77. The van der Waals surface area contributed by atoms with E-state index in [0.717, 1.165) is 41.0 Å². The first-order chi connectivity index (χ1) is 13.5. The summed E-state index contributed by atoms with van der Waals surface area (Å²) < 4.78 is 13.2. The van der Waals surface area contributed by atoms with Crippen molar-refractivity contribution in [2.45, 2.75) is 45.1 Å². The van der Waals surface area contributed by atoms with E-state index < -0.39 is 0 Å². The lowest BCUT2D eigenvalue weighted by atomic mass is 9.78. The van der Waals surface area contributed by atoms with E-state index in [2.05, 4.69) is 30.2 Å². The molecule has 1 heterocycles. The van der Waals surface area contributed by atoms with Gasteiger partial charge in [-0.15, -0.1) is 0 Å². The van der Waals surface area contributed by atoms with Gasteiger partial charge in [-0.25, -0.2) is 4.39 Å². The van der Waals surface area contributed by atoms with Gasteiger partial charge in [-0.2, -0.15) is 0 Å². The van der Waals surface area contributed by atoms with E-state index in [4.69, 9.17) is 0 Å². The molecule has 2 N–H and O–H groups in total. The third-order valence-corrected chi connectivity index (χ3v) is 6.23. The Morgan fingerprint density at radius 1 is 1.11 bits per heavy atom. The van der Waals surface area contributed by atoms with Crippen LogP contribution in [0.2, 0.25) is 0 Å².